The first-order chi connectivity index (χ1) is 7.67. The first kappa shape index (κ1) is 13.8. The Bertz CT molecular complexity index is 405. The van der Waals surface area contributed by atoms with Crippen LogP contribution in [0.25, 0.3) is 0 Å². The van der Waals surface area contributed by atoms with Crippen LogP contribution in [0.5, 0.6) is 0 Å². The average Bonchev–Trinajstić information content (AvgIpc) is 2.61. The van der Waals surface area contributed by atoms with E-state index >= 15 is 0 Å². The van der Waals surface area contributed by atoms with Crippen LogP contribution in [0, 0.1) is 12.3 Å². The molecule has 1 heterocycles. The fraction of sp³-hybridized carbons (Fsp3) is 0.615. The molecule has 0 amide bonds. The second-order valence-corrected chi connectivity index (χ2v) is 5.42. The summed E-state index contributed by atoms with van der Waals surface area (Å²) < 4.78 is 5.44. The van der Waals surface area contributed by atoms with Gasteiger partial charge in [-0.2, -0.15) is 0 Å². The van der Waals surface area contributed by atoms with Crippen LogP contribution in [0.2, 0.25) is 0 Å². The Kier molecular flexibility index (Phi) is 3.67. The maximum atomic E-state index is 11.2. The number of hydrogen-bond acceptors (Lipinski definition) is 3. The van der Waals surface area contributed by atoms with Gasteiger partial charge in [-0.1, -0.05) is 0 Å². The molecule has 0 atom stereocenters. The zero-order valence-corrected chi connectivity index (χ0v) is 11.1. The SMILES string of the molecule is Cc1ccc(CNC(C)(C)C(C)(C)C(=O)O)o1. The number of hydrogen-bond donors (Lipinski definition) is 2. The van der Waals surface area contributed by atoms with Gasteiger partial charge in [-0.25, -0.2) is 0 Å². The third-order valence-corrected chi connectivity index (χ3v) is 3.60. The maximum Gasteiger partial charge on any atom is 0.310 e. The molecule has 0 aliphatic carbocycles. The van der Waals surface area contributed by atoms with E-state index in [-0.39, 0.29) is 0 Å². The minimum atomic E-state index is -0.853. The summed E-state index contributed by atoms with van der Waals surface area (Å²) >= 11 is 0. The molecule has 96 valence electrons. The van der Waals surface area contributed by atoms with E-state index in [2.05, 4.69) is 5.32 Å². The molecule has 4 heteroatoms. The number of aryl methyl sites for hydroxylation is 1. The highest BCUT2D eigenvalue weighted by Gasteiger charge is 2.43. The highest BCUT2D eigenvalue weighted by molar-refractivity contribution is 5.75. The van der Waals surface area contributed by atoms with Crippen molar-refractivity contribution < 1.29 is 14.3 Å². The lowest BCUT2D eigenvalue weighted by molar-refractivity contribution is -0.151. The Labute approximate surface area is 102 Å². The molecular formula is C13H21NO3. The van der Waals surface area contributed by atoms with E-state index in [1.165, 1.54) is 0 Å². The van der Waals surface area contributed by atoms with Gasteiger partial charge in [0.05, 0.1) is 12.0 Å². The molecule has 0 saturated carbocycles. The van der Waals surface area contributed by atoms with Crippen LogP contribution in [-0.2, 0) is 11.3 Å². The summed E-state index contributed by atoms with van der Waals surface area (Å²) in [4.78, 5) is 11.2. The second-order valence-electron chi connectivity index (χ2n) is 5.42. The Hall–Kier alpha value is -1.29. The van der Waals surface area contributed by atoms with E-state index in [9.17, 15) is 9.90 Å². The summed E-state index contributed by atoms with van der Waals surface area (Å²) in [7, 11) is 0. The molecule has 1 rings (SSSR count). The highest BCUT2D eigenvalue weighted by atomic mass is 16.4. The molecule has 4 nitrogen and oxygen atoms in total. The topological polar surface area (TPSA) is 62.5 Å². The molecule has 2 N–H and O–H groups in total. The van der Waals surface area contributed by atoms with Crippen molar-refractivity contribution in [1.29, 1.82) is 0 Å². The molecule has 1 aromatic heterocycles. The van der Waals surface area contributed by atoms with E-state index in [4.69, 9.17) is 4.42 Å². The van der Waals surface area contributed by atoms with Gasteiger partial charge in [0.25, 0.3) is 0 Å². The van der Waals surface area contributed by atoms with Crippen LogP contribution < -0.4 is 5.32 Å². The van der Waals surface area contributed by atoms with E-state index in [1.54, 1.807) is 13.8 Å². The lowest BCUT2D eigenvalue weighted by Crippen LogP contribution is -2.54. The number of furan rings is 1. The zero-order valence-electron chi connectivity index (χ0n) is 11.1. The van der Waals surface area contributed by atoms with Gasteiger partial charge in [-0.05, 0) is 46.8 Å². The predicted octanol–water partition coefficient (Wildman–Crippen LogP) is 2.57. The smallest absolute Gasteiger partial charge is 0.310 e. The summed E-state index contributed by atoms with van der Waals surface area (Å²) in [5.41, 5.74) is -1.38. The molecule has 0 unspecified atom stereocenters. The van der Waals surface area contributed by atoms with Crippen molar-refractivity contribution in [3.63, 3.8) is 0 Å². The van der Waals surface area contributed by atoms with Crippen LogP contribution in [-0.4, -0.2) is 16.6 Å². The van der Waals surface area contributed by atoms with E-state index in [0.717, 1.165) is 11.5 Å². The predicted molar refractivity (Wildman–Crippen MR) is 65.8 cm³/mol. The third kappa shape index (κ3) is 2.88. The number of nitrogens with one attached hydrogen (secondary N) is 1. The molecule has 0 aliphatic heterocycles. The summed E-state index contributed by atoms with van der Waals surface area (Å²) in [6, 6.07) is 3.79. The largest absolute Gasteiger partial charge is 0.481 e. The molecule has 17 heavy (non-hydrogen) atoms. The second kappa shape index (κ2) is 4.53. The summed E-state index contributed by atoms with van der Waals surface area (Å²) in [5.74, 6) is 0.861. The molecule has 0 radical (unpaired) electrons. The van der Waals surface area contributed by atoms with Crippen molar-refractivity contribution in [2.45, 2.75) is 46.7 Å². The molecule has 0 aliphatic rings. The van der Waals surface area contributed by atoms with Crippen molar-refractivity contribution in [1.82, 2.24) is 5.32 Å². The van der Waals surface area contributed by atoms with Crippen LogP contribution in [0.4, 0.5) is 0 Å². The normalized spacial score (nSPS) is 12.8. The van der Waals surface area contributed by atoms with Gasteiger partial charge < -0.3 is 14.8 Å². The first-order valence-corrected chi connectivity index (χ1v) is 5.70. The van der Waals surface area contributed by atoms with E-state index < -0.39 is 16.9 Å². The van der Waals surface area contributed by atoms with E-state index in [0.29, 0.717) is 6.54 Å². The van der Waals surface area contributed by atoms with Crippen LogP contribution in [0.3, 0.4) is 0 Å². The van der Waals surface area contributed by atoms with Crippen LogP contribution in [0.1, 0.15) is 39.2 Å². The zero-order chi connectivity index (χ0) is 13.3. The minimum absolute atomic E-state index is 0.525. The maximum absolute atomic E-state index is 11.2. The first-order valence-electron chi connectivity index (χ1n) is 5.70. The summed E-state index contributed by atoms with van der Waals surface area (Å²) in [6.07, 6.45) is 0. The van der Waals surface area contributed by atoms with Gasteiger partial charge >= 0.3 is 5.97 Å². The Balaban J connectivity index is 2.70. The average molecular weight is 239 g/mol. The number of rotatable bonds is 5. The van der Waals surface area contributed by atoms with Crippen molar-refractivity contribution in [2.75, 3.05) is 0 Å². The molecule has 0 bridgehead atoms. The van der Waals surface area contributed by atoms with Crippen LogP contribution >= 0.6 is 0 Å². The number of carbonyl (C=O) groups is 1. The Morgan fingerprint density at radius 1 is 1.35 bits per heavy atom. The Morgan fingerprint density at radius 2 is 1.94 bits per heavy atom. The van der Waals surface area contributed by atoms with Crippen molar-refractivity contribution in [3.8, 4) is 0 Å². The van der Waals surface area contributed by atoms with Gasteiger partial charge in [0.1, 0.15) is 11.5 Å². The standard InChI is InChI=1S/C13H21NO3/c1-9-6-7-10(17-9)8-14-13(4,5)12(2,3)11(15)16/h6-7,14H,8H2,1-5H3,(H,15,16). The fourth-order valence-electron chi connectivity index (χ4n) is 1.38. The lowest BCUT2D eigenvalue weighted by atomic mass is 9.74. The number of carboxylic acids is 1. The molecule has 0 spiro atoms. The molecule has 0 aromatic carbocycles. The molecule has 0 saturated heterocycles. The van der Waals surface area contributed by atoms with Crippen molar-refractivity contribution in [3.05, 3.63) is 23.7 Å². The quantitative estimate of drug-likeness (QED) is 0.829. The van der Waals surface area contributed by atoms with Gasteiger partial charge in [0.15, 0.2) is 0 Å². The third-order valence-electron chi connectivity index (χ3n) is 3.60. The molecular weight excluding hydrogens is 218 g/mol. The van der Waals surface area contributed by atoms with E-state index in [1.807, 2.05) is 32.9 Å². The van der Waals surface area contributed by atoms with Gasteiger partial charge in [0.2, 0.25) is 0 Å². The van der Waals surface area contributed by atoms with Gasteiger partial charge in [-0.15, -0.1) is 0 Å². The summed E-state index contributed by atoms with van der Waals surface area (Å²) in [6.45, 7) is 9.62. The fourth-order valence-corrected chi connectivity index (χ4v) is 1.38. The molecule has 1 aromatic rings. The number of aliphatic carboxylic acids is 1. The van der Waals surface area contributed by atoms with Crippen molar-refractivity contribution >= 4 is 5.97 Å². The van der Waals surface area contributed by atoms with Crippen molar-refractivity contribution in [2.24, 2.45) is 5.41 Å². The Morgan fingerprint density at radius 3 is 2.35 bits per heavy atom. The van der Waals surface area contributed by atoms with Crippen LogP contribution in [0.15, 0.2) is 16.5 Å². The minimum Gasteiger partial charge on any atom is -0.481 e. The highest BCUT2D eigenvalue weighted by Crippen LogP contribution is 2.31. The monoisotopic (exact) mass is 239 g/mol. The lowest BCUT2D eigenvalue weighted by Gasteiger charge is -2.38. The van der Waals surface area contributed by atoms with Gasteiger partial charge in [0, 0.05) is 5.54 Å². The summed E-state index contributed by atoms with van der Waals surface area (Å²) in [5, 5.41) is 12.5. The molecule has 0 fully saturated rings. The van der Waals surface area contributed by atoms with Gasteiger partial charge in [-0.3, -0.25) is 4.79 Å². The number of carboxylic acid groups (broad SMARTS) is 1.